The molecule has 1 aromatic carbocycles. The van der Waals surface area contributed by atoms with Crippen molar-refractivity contribution in [2.45, 2.75) is 13.0 Å². The van der Waals surface area contributed by atoms with Gasteiger partial charge in [0.25, 0.3) is 0 Å². The molecule has 0 aliphatic carbocycles. The third kappa shape index (κ3) is 2.30. The quantitative estimate of drug-likeness (QED) is 0.913. The van der Waals surface area contributed by atoms with Crippen LogP contribution < -0.4 is 10.5 Å². The lowest BCUT2D eigenvalue weighted by Gasteiger charge is -2.12. The smallest absolute Gasteiger partial charge is 0.165 e. The Morgan fingerprint density at radius 3 is 2.76 bits per heavy atom. The zero-order chi connectivity index (χ0) is 12.4. The van der Waals surface area contributed by atoms with Gasteiger partial charge in [-0.3, -0.25) is 0 Å². The molecule has 1 heterocycles. The number of ether oxygens (including phenoxy) is 1. The summed E-state index contributed by atoms with van der Waals surface area (Å²) >= 11 is 1.48. The number of hydrogen-bond acceptors (Lipinski definition) is 4. The molecule has 0 spiro atoms. The number of methoxy groups -OCH3 is 1. The zero-order valence-corrected chi connectivity index (χ0v) is 10.4. The van der Waals surface area contributed by atoms with Crippen molar-refractivity contribution in [3.05, 3.63) is 45.7 Å². The van der Waals surface area contributed by atoms with Crippen molar-refractivity contribution in [3.63, 3.8) is 0 Å². The average Bonchev–Trinajstić information content (AvgIpc) is 2.74. The Morgan fingerprint density at radius 1 is 1.47 bits per heavy atom. The number of hydrogen-bond donors (Lipinski definition) is 1. The molecular formula is C12H13FN2OS. The van der Waals surface area contributed by atoms with Gasteiger partial charge < -0.3 is 10.5 Å². The summed E-state index contributed by atoms with van der Waals surface area (Å²) in [5, 5.41) is 0. The Labute approximate surface area is 103 Å². The molecule has 2 N–H and O–H groups in total. The van der Waals surface area contributed by atoms with Crippen LogP contribution in [0.4, 0.5) is 4.39 Å². The van der Waals surface area contributed by atoms with Crippen molar-refractivity contribution in [2.75, 3.05) is 7.11 Å². The molecule has 0 aliphatic heterocycles. The number of nitrogens with two attached hydrogens (primary N) is 1. The monoisotopic (exact) mass is 252 g/mol. The van der Waals surface area contributed by atoms with Gasteiger partial charge >= 0.3 is 0 Å². The Hall–Kier alpha value is -1.46. The van der Waals surface area contributed by atoms with Gasteiger partial charge in [-0.25, -0.2) is 9.37 Å². The van der Waals surface area contributed by atoms with Gasteiger partial charge in [-0.15, -0.1) is 11.3 Å². The van der Waals surface area contributed by atoms with Crippen LogP contribution in [0.1, 0.15) is 22.2 Å². The van der Waals surface area contributed by atoms with E-state index in [0.29, 0.717) is 0 Å². The molecule has 0 saturated carbocycles. The van der Waals surface area contributed by atoms with Crippen LogP contribution in [0.25, 0.3) is 0 Å². The standard InChI is InChI=1S/C12H13FN2OS/c1-7-12(17-6-15-7)11(14)8-3-4-10(16-2)9(13)5-8/h3-6,11H,14H2,1-2H3. The Bertz CT molecular complexity index is 527. The van der Waals surface area contributed by atoms with Gasteiger partial charge in [0, 0.05) is 4.88 Å². The topological polar surface area (TPSA) is 48.1 Å². The van der Waals surface area contributed by atoms with Crippen LogP contribution in [0.5, 0.6) is 5.75 Å². The van der Waals surface area contributed by atoms with Gasteiger partial charge in [-0.2, -0.15) is 0 Å². The first kappa shape index (κ1) is 12.0. The SMILES string of the molecule is COc1ccc(C(N)c2scnc2C)cc1F. The second-order valence-electron chi connectivity index (χ2n) is 3.67. The molecule has 2 aromatic rings. The molecule has 17 heavy (non-hydrogen) atoms. The lowest BCUT2D eigenvalue weighted by molar-refractivity contribution is 0.386. The largest absolute Gasteiger partial charge is 0.494 e. The van der Waals surface area contributed by atoms with Gasteiger partial charge in [-0.1, -0.05) is 6.07 Å². The molecular weight excluding hydrogens is 239 g/mol. The molecule has 0 radical (unpaired) electrons. The molecule has 0 aliphatic rings. The fraction of sp³-hybridized carbons (Fsp3) is 0.250. The first-order valence-electron chi connectivity index (χ1n) is 5.12. The molecule has 0 amide bonds. The van der Waals surface area contributed by atoms with Crippen LogP contribution in [0.2, 0.25) is 0 Å². The highest BCUT2D eigenvalue weighted by Crippen LogP contribution is 2.28. The molecule has 0 fully saturated rings. The fourth-order valence-electron chi connectivity index (χ4n) is 1.64. The fourth-order valence-corrected chi connectivity index (χ4v) is 2.47. The van der Waals surface area contributed by atoms with E-state index in [-0.39, 0.29) is 11.8 Å². The van der Waals surface area contributed by atoms with Crippen LogP contribution in [-0.2, 0) is 0 Å². The van der Waals surface area contributed by atoms with Crippen LogP contribution in [-0.4, -0.2) is 12.1 Å². The predicted octanol–water partition coefficient (Wildman–Crippen LogP) is 2.65. The molecule has 1 unspecified atom stereocenters. The molecule has 0 bridgehead atoms. The molecule has 0 saturated heterocycles. The van der Waals surface area contributed by atoms with E-state index in [1.165, 1.54) is 24.5 Å². The molecule has 90 valence electrons. The summed E-state index contributed by atoms with van der Waals surface area (Å²) in [6, 6.07) is 4.41. The number of halogens is 1. The van der Waals surface area contributed by atoms with Gasteiger partial charge in [0.1, 0.15) is 0 Å². The highest BCUT2D eigenvalue weighted by molar-refractivity contribution is 7.09. The van der Waals surface area contributed by atoms with E-state index in [2.05, 4.69) is 4.98 Å². The van der Waals surface area contributed by atoms with Crippen molar-refractivity contribution < 1.29 is 9.13 Å². The van der Waals surface area contributed by atoms with E-state index < -0.39 is 5.82 Å². The number of rotatable bonds is 3. The van der Waals surface area contributed by atoms with E-state index in [1.807, 2.05) is 6.92 Å². The summed E-state index contributed by atoms with van der Waals surface area (Å²) in [6.07, 6.45) is 0. The number of nitrogens with zero attached hydrogens (tertiary/aromatic N) is 1. The second-order valence-corrected chi connectivity index (χ2v) is 4.56. The van der Waals surface area contributed by atoms with Crippen molar-refractivity contribution in [1.29, 1.82) is 0 Å². The number of benzene rings is 1. The number of aromatic nitrogens is 1. The second kappa shape index (κ2) is 4.81. The van der Waals surface area contributed by atoms with Crippen LogP contribution in [0, 0.1) is 12.7 Å². The number of thiazole rings is 1. The Morgan fingerprint density at radius 2 is 2.24 bits per heavy atom. The van der Waals surface area contributed by atoms with Crippen LogP contribution in [0.3, 0.4) is 0 Å². The van der Waals surface area contributed by atoms with Crippen molar-refractivity contribution in [1.82, 2.24) is 4.98 Å². The van der Waals surface area contributed by atoms with Crippen molar-refractivity contribution in [2.24, 2.45) is 5.73 Å². The molecule has 3 nitrogen and oxygen atoms in total. The zero-order valence-electron chi connectivity index (χ0n) is 9.61. The summed E-state index contributed by atoms with van der Waals surface area (Å²) in [5.74, 6) is -0.176. The van der Waals surface area contributed by atoms with Crippen LogP contribution in [0.15, 0.2) is 23.7 Å². The van der Waals surface area contributed by atoms with E-state index in [4.69, 9.17) is 10.5 Å². The first-order chi connectivity index (χ1) is 8.13. The van der Waals surface area contributed by atoms with E-state index >= 15 is 0 Å². The summed E-state index contributed by atoms with van der Waals surface area (Å²) in [6.45, 7) is 1.89. The lowest BCUT2D eigenvalue weighted by atomic mass is 10.0. The minimum atomic E-state index is -0.400. The third-order valence-corrected chi connectivity index (χ3v) is 3.61. The predicted molar refractivity (Wildman–Crippen MR) is 65.8 cm³/mol. The van der Waals surface area contributed by atoms with Gasteiger partial charge in [0.2, 0.25) is 0 Å². The minimum Gasteiger partial charge on any atom is -0.494 e. The maximum atomic E-state index is 13.6. The molecule has 1 aromatic heterocycles. The van der Waals surface area contributed by atoms with E-state index in [0.717, 1.165) is 16.1 Å². The molecule has 5 heteroatoms. The highest BCUT2D eigenvalue weighted by atomic mass is 32.1. The van der Waals surface area contributed by atoms with E-state index in [9.17, 15) is 4.39 Å². The molecule has 1 atom stereocenters. The average molecular weight is 252 g/mol. The normalized spacial score (nSPS) is 12.5. The van der Waals surface area contributed by atoms with Crippen molar-refractivity contribution >= 4 is 11.3 Å². The lowest BCUT2D eigenvalue weighted by Crippen LogP contribution is -2.12. The minimum absolute atomic E-state index is 0.224. The van der Waals surface area contributed by atoms with Gasteiger partial charge in [0.15, 0.2) is 11.6 Å². The number of aryl methyl sites for hydroxylation is 1. The van der Waals surface area contributed by atoms with Crippen LogP contribution >= 0.6 is 11.3 Å². The summed E-state index contributed by atoms with van der Waals surface area (Å²) in [4.78, 5) is 5.09. The third-order valence-electron chi connectivity index (χ3n) is 2.60. The maximum Gasteiger partial charge on any atom is 0.165 e. The first-order valence-corrected chi connectivity index (χ1v) is 6.00. The molecule has 2 rings (SSSR count). The van der Waals surface area contributed by atoms with Crippen molar-refractivity contribution in [3.8, 4) is 5.75 Å². The Balaban J connectivity index is 2.35. The summed E-state index contributed by atoms with van der Waals surface area (Å²) in [5.41, 5.74) is 9.43. The summed E-state index contributed by atoms with van der Waals surface area (Å²) < 4.78 is 18.4. The van der Waals surface area contributed by atoms with Gasteiger partial charge in [0.05, 0.1) is 24.4 Å². The van der Waals surface area contributed by atoms with E-state index in [1.54, 1.807) is 17.6 Å². The van der Waals surface area contributed by atoms with Gasteiger partial charge in [-0.05, 0) is 24.6 Å². The highest BCUT2D eigenvalue weighted by Gasteiger charge is 2.15. The Kier molecular flexibility index (Phi) is 3.40. The maximum absolute atomic E-state index is 13.6. The summed E-state index contributed by atoms with van der Waals surface area (Å²) in [7, 11) is 1.44.